The normalized spacial score (nSPS) is 10.5. The molecule has 0 saturated carbocycles. The smallest absolute Gasteiger partial charge is 0.0300 e. The van der Waals surface area contributed by atoms with E-state index in [1.165, 1.54) is 9.35 Å². The third-order valence-electron chi connectivity index (χ3n) is 1.48. The van der Waals surface area contributed by atoms with Crippen molar-refractivity contribution >= 4 is 27.3 Å². The molecule has 0 amide bonds. The molecule has 1 heterocycles. The van der Waals surface area contributed by atoms with Crippen molar-refractivity contribution in [3.05, 3.63) is 20.8 Å². The summed E-state index contributed by atoms with van der Waals surface area (Å²) in [6.07, 6.45) is 1.05. The summed E-state index contributed by atoms with van der Waals surface area (Å²) in [7, 11) is 0. The molecule has 1 aromatic heterocycles. The summed E-state index contributed by atoms with van der Waals surface area (Å²) < 4.78 is 1.17. The number of rotatable bonds is 5. The lowest BCUT2D eigenvalue weighted by atomic mass is 10.4. The van der Waals surface area contributed by atoms with Crippen molar-refractivity contribution in [2.45, 2.75) is 13.0 Å². The van der Waals surface area contributed by atoms with Crippen molar-refractivity contribution in [2.24, 2.45) is 5.73 Å². The van der Waals surface area contributed by atoms with Gasteiger partial charge in [-0.25, -0.2) is 0 Å². The van der Waals surface area contributed by atoms with E-state index >= 15 is 0 Å². The van der Waals surface area contributed by atoms with Gasteiger partial charge in [-0.05, 0) is 41.5 Å². The number of nitrogens with two attached hydrogens (primary N) is 1. The van der Waals surface area contributed by atoms with Gasteiger partial charge in [0, 0.05) is 21.3 Å². The van der Waals surface area contributed by atoms with Crippen molar-refractivity contribution in [3.63, 3.8) is 0 Å². The second kappa shape index (κ2) is 5.70. The Kier molecular flexibility index (Phi) is 4.83. The summed E-state index contributed by atoms with van der Waals surface area (Å²) in [5, 5.41) is 5.42. The van der Waals surface area contributed by atoms with Gasteiger partial charge in [-0.3, -0.25) is 0 Å². The highest BCUT2D eigenvalue weighted by molar-refractivity contribution is 9.10. The van der Waals surface area contributed by atoms with Crippen LogP contribution in [0.25, 0.3) is 0 Å². The molecular weight excluding hydrogens is 236 g/mol. The van der Waals surface area contributed by atoms with Crippen LogP contribution < -0.4 is 11.1 Å². The van der Waals surface area contributed by atoms with Crippen LogP contribution in [0.1, 0.15) is 11.3 Å². The Labute approximate surface area is 85.3 Å². The molecule has 1 aromatic rings. The van der Waals surface area contributed by atoms with Crippen LogP contribution in [0.15, 0.2) is 15.9 Å². The Morgan fingerprint density at radius 3 is 3.00 bits per heavy atom. The lowest BCUT2D eigenvalue weighted by molar-refractivity contribution is 0.660. The van der Waals surface area contributed by atoms with Crippen LogP contribution in [0, 0.1) is 0 Å². The van der Waals surface area contributed by atoms with E-state index in [1.807, 2.05) is 0 Å². The lowest BCUT2D eigenvalue weighted by Gasteiger charge is -1.99. The molecule has 0 saturated heterocycles. The maximum Gasteiger partial charge on any atom is 0.0300 e. The molecule has 0 fully saturated rings. The highest BCUT2D eigenvalue weighted by Gasteiger charge is 1.95. The molecule has 0 spiro atoms. The molecule has 12 heavy (non-hydrogen) atoms. The Morgan fingerprint density at radius 2 is 2.42 bits per heavy atom. The van der Waals surface area contributed by atoms with E-state index in [1.54, 1.807) is 11.3 Å². The molecule has 0 unspecified atom stereocenters. The van der Waals surface area contributed by atoms with Crippen molar-refractivity contribution in [3.8, 4) is 0 Å². The van der Waals surface area contributed by atoms with Crippen molar-refractivity contribution in [1.82, 2.24) is 5.32 Å². The number of hydrogen-bond donors (Lipinski definition) is 2. The second-order valence-electron chi connectivity index (χ2n) is 2.55. The zero-order chi connectivity index (χ0) is 8.81. The number of nitrogens with one attached hydrogen (secondary N) is 1. The van der Waals surface area contributed by atoms with Gasteiger partial charge in [0.05, 0.1) is 0 Å². The van der Waals surface area contributed by atoms with Gasteiger partial charge < -0.3 is 11.1 Å². The van der Waals surface area contributed by atoms with Crippen LogP contribution in [0.4, 0.5) is 0 Å². The summed E-state index contributed by atoms with van der Waals surface area (Å²) in [4.78, 5) is 1.36. The van der Waals surface area contributed by atoms with Gasteiger partial charge in [0.15, 0.2) is 0 Å². The van der Waals surface area contributed by atoms with E-state index in [-0.39, 0.29) is 0 Å². The first-order chi connectivity index (χ1) is 5.83. The molecule has 0 aliphatic carbocycles. The molecule has 68 valence electrons. The van der Waals surface area contributed by atoms with Crippen LogP contribution in [-0.2, 0) is 6.54 Å². The minimum Gasteiger partial charge on any atom is -0.330 e. The third-order valence-corrected chi connectivity index (χ3v) is 3.18. The Hall–Kier alpha value is 0.1000. The third kappa shape index (κ3) is 3.67. The summed E-state index contributed by atoms with van der Waals surface area (Å²) in [6.45, 7) is 2.73. The van der Waals surface area contributed by atoms with Crippen molar-refractivity contribution in [2.75, 3.05) is 13.1 Å². The van der Waals surface area contributed by atoms with Gasteiger partial charge in [-0.2, -0.15) is 0 Å². The van der Waals surface area contributed by atoms with Crippen LogP contribution >= 0.6 is 27.3 Å². The lowest BCUT2D eigenvalue weighted by Crippen LogP contribution is -2.16. The van der Waals surface area contributed by atoms with E-state index in [0.717, 1.165) is 26.1 Å². The van der Waals surface area contributed by atoms with E-state index < -0.39 is 0 Å². The van der Waals surface area contributed by atoms with E-state index in [4.69, 9.17) is 5.73 Å². The highest BCUT2D eigenvalue weighted by atomic mass is 79.9. The zero-order valence-electron chi connectivity index (χ0n) is 6.85. The summed E-state index contributed by atoms with van der Waals surface area (Å²) >= 11 is 5.18. The Bertz CT molecular complexity index is 225. The van der Waals surface area contributed by atoms with Gasteiger partial charge in [0.1, 0.15) is 0 Å². The van der Waals surface area contributed by atoms with Gasteiger partial charge in [0.2, 0.25) is 0 Å². The number of halogens is 1. The van der Waals surface area contributed by atoms with Gasteiger partial charge in [-0.1, -0.05) is 0 Å². The highest BCUT2D eigenvalue weighted by Crippen LogP contribution is 2.19. The maximum atomic E-state index is 5.37. The van der Waals surface area contributed by atoms with Gasteiger partial charge >= 0.3 is 0 Å². The van der Waals surface area contributed by atoms with E-state index in [0.29, 0.717) is 0 Å². The molecule has 0 atom stereocenters. The minimum absolute atomic E-state index is 0.765. The molecule has 4 heteroatoms. The first-order valence-corrected chi connectivity index (χ1v) is 5.64. The van der Waals surface area contributed by atoms with Gasteiger partial charge in [-0.15, -0.1) is 11.3 Å². The molecule has 2 nitrogen and oxygen atoms in total. The van der Waals surface area contributed by atoms with Crippen LogP contribution in [0.3, 0.4) is 0 Å². The Morgan fingerprint density at radius 1 is 1.58 bits per heavy atom. The topological polar surface area (TPSA) is 38.0 Å². The molecule has 1 rings (SSSR count). The average Bonchev–Trinajstić information content (AvgIpc) is 2.45. The fourth-order valence-corrected chi connectivity index (χ4v) is 2.31. The SMILES string of the molecule is NCCCNCc1cc(Br)cs1. The zero-order valence-corrected chi connectivity index (χ0v) is 9.25. The molecule has 0 bridgehead atoms. The fourth-order valence-electron chi connectivity index (χ4n) is 0.885. The predicted molar refractivity (Wildman–Crippen MR) is 57.4 cm³/mol. The first-order valence-electron chi connectivity index (χ1n) is 3.96. The van der Waals surface area contributed by atoms with Crippen molar-refractivity contribution in [1.29, 1.82) is 0 Å². The number of hydrogen-bond acceptors (Lipinski definition) is 3. The molecule has 0 aromatic carbocycles. The van der Waals surface area contributed by atoms with Crippen LogP contribution in [0.5, 0.6) is 0 Å². The molecular formula is C8H13BrN2S. The summed E-state index contributed by atoms with van der Waals surface area (Å²) in [5.41, 5.74) is 5.37. The Balaban J connectivity index is 2.15. The number of thiophene rings is 1. The maximum absolute atomic E-state index is 5.37. The van der Waals surface area contributed by atoms with Gasteiger partial charge in [0.25, 0.3) is 0 Å². The summed E-state index contributed by atoms with van der Waals surface area (Å²) in [6, 6.07) is 2.14. The quantitative estimate of drug-likeness (QED) is 0.783. The molecule has 0 aliphatic rings. The minimum atomic E-state index is 0.765. The largest absolute Gasteiger partial charge is 0.330 e. The first kappa shape index (κ1) is 10.2. The monoisotopic (exact) mass is 248 g/mol. The van der Waals surface area contributed by atoms with Crippen molar-refractivity contribution < 1.29 is 0 Å². The molecule has 0 aliphatic heterocycles. The fraction of sp³-hybridized carbons (Fsp3) is 0.500. The molecule has 0 radical (unpaired) electrons. The standard InChI is InChI=1S/C8H13BrN2S/c9-7-4-8(12-6-7)5-11-3-1-2-10/h4,6,11H,1-3,5,10H2. The average molecular weight is 249 g/mol. The summed E-state index contributed by atoms with van der Waals surface area (Å²) in [5.74, 6) is 0. The molecule has 3 N–H and O–H groups in total. The second-order valence-corrected chi connectivity index (χ2v) is 4.46. The predicted octanol–water partition coefficient (Wildman–Crippen LogP) is 1.95. The van der Waals surface area contributed by atoms with Crippen LogP contribution in [-0.4, -0.2) is 13.1 Å². The van der Waals surface area contributed by atoms with E-state index in [9.17, 15) is 0 Å². The van der Waals surface area contributed by atoms with E-state index in [2.05, 4.69) is 32.7 Å². The van der Waals surface area contributed by atoms with Crippen LogP contribution in [0.2, 0.25) is 0 Å².